The summed E-state index contributed by atoms with van der Waals surface area (Å²) in [6.45, 7) is 7.52. The third-order valence-electron chi connectivity index (χ3n) is 2.11. The maximum Gasteiger partial charge on any atom is 0.313 e. The molecule has 0 spiro atoms. The van der Waals surface area contributed by atoms with Crippen LogP contribution >= 0.6 is 22.6 Å². The van der Waals surface area contributed by atoms with Crippen LogP contribution in [-0.4, -0.2) is 11.6 Å². The monoisotopic (exact) mass is 332 g/mol. The lowest BCUT2D eigenvalue weighted by Gasteiger charge is -2.22. The van der Waals surface area contributed by atoms with Gasteiger partial charge in [0.25, 0.3) is 0 Å². The van der Waals surface area contributed by atoms with Gasteiger partial charge < -0.3 is 4.74 Å². The Morgan fingerprint density at radius 2 is 2.00 bits per heavy atom. The van der Waals surface area contributed by atoms with Gasteiger partial charge in [0.15, 0.2) is 0 Å². The van der Waals surface area contributed by atoms with Crippen LogP contribution in [0.1, 0.15) is 39.2 Å². The van der Waals surface area contributed by atoms with Crippen molar-refractivity contribution < 1.29 is 9.53 Å². The topological polar surface area (TPSA) is 26.3 Å². The summed E-state index contributed by atoms with van der Waals surface area (Å²) in [5.74, 6) is -0.386. The molecule has 0 aromatic heterocycles. The Kier molecular flexibility index (Phi) is 4.35. The Labute approximate surface area is 111 Å². The molecule has 0 heterocycles. The van der Waals surface area contributed by atoms with Crippen LogP contribution in [0.3, 0.4) is 0 Å². The fourth-order valence-corrected chi connectivity index (χ4v) is 1.87. The molecule has 1 rings (SSSR count). The number of esters is 1. The van der Waals surface area contributed by atoms with E-state index in [0.29, 0.717) is 0 Å². The Bertz CT molecular complexity index is 380. The van der Waals surface area contributed by atoms with Gasteiger partial charge in [-0.1, -0.05) is 12.1 Å². The van der Waals surface area contributed by atoms with E-state index in [-0.39, 0.29) is 11.9 Å². The van der Waals surface area contributed by atoms with Gasteiger partial charge >= 0.3 is 5.97 Å². The summed E-state index contributed by atoms with van der Waals surface area (Å²) in [5, 5.41) is 0. The molecule has 16 heavy (non-hydrogen) atoms. The molecule has 3 heteroatoms. The quantitative estimate of drug-likeness (QED) is 0.609. The van der Waals surface area contributed by atoms with Crippen LogP contribution in [0.25, 0.3) is 0 Å². The van der Waals surface area contributed by atoms with Gasteiger partial charge in [-0.3, -0.25) is 4.79 Å². The highest BCUT2D eigenvalue weighted by Crippen LogP contribution is 2.21. The van der Waals surface area contributed by atoms with Crippen molar-refractivity contribution in [2.45, 2.75) is 39.2 Å². The Hall–Kier alpha value is -0.580. The van der Waals surface area contributed by atoms with Gasteiger partial charge in [-0.2, -0.15) is 0 Å². The Morgan fingerprint density at radius 1 is 1.38 bits per heavy atom. The van der Waals surface area contributed by atoms with E-state index in [1.807, 2.05) is 52.0 Å². The molecular weight excluding hydrogens is 315 g/mol. The first-order valence-corrected chi connectivity index (χ1v) is 6.36. The first-order valence-electron chi connectivity index (χ1n) is 5.28. The third-order valence-corrected chi connectivity index (χ3v) is 2.78. The van der Waals surface area contributed by atoms with Crippen molar-refractivity contribution in [3.05, 3.63) is 33.4 Å². The number of rotatable bonds is 2. The molecule has 1 aromatic carbocycles. The maximum absolute atomic E-state index is 11.8. The van der Waals surface area contributed by atoms with Crippen molar-refractivity contribution in [1.29, 1.82) is 0 Å². The predicted molar refractivity (Wildman–Crippen MR) is 73.4 cm³/mol. The van der Waals surface area contributed by atoms with E-state index in [0.717, 1.165) is 9.13 Å². The molecule has 0 N–H and O–H groups in total. The zero-order valence-corrected chi connectivity index (χ0v) is 12.2. The predicted octanol–water partition coefficient (Wildman–Crippen LogP) is 3.74. The summed E-state index contributed by atoms with van der Waals surface area (Å²) in [6, 6.07) is 7.93. The van der Waals surface area contributed by atoms with Crippen molar-refractivity contribution in [2.75, 3.05) is 0 Å². The minimum absolute atomic E-state index is 0.172. The normalized spacial score (nSPS) is 13.3. The zero-order valence-electron chi connectivity index (χ0n) is 10.1. The molecule has 88 valence electrons. The van der Waals surface area contributed by atoms with Crippen LogP contribution in [0.15, 0.2) is 24.3 Å². The number of hydrogen-bond donors (Lipinski definition) is 0. The molecule has 0 saturated carbocycles. The summed E-state index contributed by atoms with van der Waals surface area (Å²) >= 11 is 2.24. The smallest absolute Gasteiger partial charge is 0.313 e. The average molecular weight is 332 g/mol. The molecule has 1 unspecified atom stereocenters. The molecule has 0 amide bonds. The number of halogens is 1. The molecule has 0 radical (unpaired) electrons. The highest BCUT2D eigenvalue weighted by Gasteiger charge is 2.22. The number of benzene rings is 1. The lowest BCUT2D eigenvalue weighted by atomic mass is 10.0. The fraction of sp³-hybridized carbons (Fsp3) is 0.462. The van der Waals surface area contributed by atoms with Gasteiger partial charge in [-0.15, -0.1) is 0 Å². The molecule has 1 aromatic rings. The van der Waals surface area contributed by atoms with E-state index >= 15 is 0 Å². The van der Waals surface area contributed by atoms with E-state index < -0.39 is 5.60 Å². The standard InChI is InChI=1S/C13H17IO2/c1-9(12(15)16-13(2,3)4)10-6-5-7-11(14)8-10/h5-9H,1-4H3. The van der Waals surface area contributed by atoms with Crippen LogP contribution in [0.4, 0.5) is 0 Å². The first kappa shape index (κ1) is 13.5. The molecule has 0 aliphatic rings. The van der Waals surface area contributed by atoms with Gasteiger partial charge in [-0.25, -0.2) is 0 Å². The second kappa shape index (κ2) is 5.17. The van der Waals surface area contributed by atoms with Gasteiger partial charge in [0.05, 0.1) is 5.92 Å². The largest absolute Gasteiger partial charge is 0.460 e. The van der Waals surface area contributed by atoms with Crippen molar-refractivity contribution in [3.63, 3.8) is 0 Å². The summed E-state index contributed by atoms with van der Waals surface area (Å²) < 4.78 is 6.48. The van der Waals surface area contributed by atoms with E-state index in [1.165, 1.54) is 0 Å². The van der Waals surface area contributed by atoms with Crippen LogP contribution in [0.2, 0.25) is 0 Å². The second-order valence-corrected chi connectivity index (χ2v) is 6.06. The zero-order chi connectivity index (χ0) is 12.3. The molecule has 0 fully saturated rings. The van der Waals surface area contributed by atoms with E-state index in [4.69, 9.17) is 4.74 Å². The van der Waals surface area contributed by atoms with Crippen molar-refractivity contribution in [3.8, 4) is 0 Å². The van der Waals surface area contributed by atoms with Gasteiger partial charge in [0, 0.05) is 3.57 Å². The van der Waals surface area contributed by atoms with E-state index in [2.05, 4.69) is 22.6 Å². The SMILES string of the molecule is CC(C(=O)OC(C)(C)C)c1cccc(I)c1. The highest BCUT2D eigenvalue weighted by molar-refractivity contribution is 14.1. The fourth-order valence-electron chi connectivity index (χ4n) is 1.30. The molecule has 0 saturated heterocycles. The Balaban J connectivity index is 2.78. The molecule has 2 nitrogen and oxygen atoms in total. The number of carbonyl (C=O) groups excluding carboxylic acids is 1. The molecular formula is C13H17IO2. The van der Waals surface area contributed by atoms with Crippen molar-refractivity contribution in [1.82, 2.24) is 0 Å². The molecule has 0 aliphatic carbocycles. The number of carbonyl (C=O) groups is 1. The van der Waals surface area contributed by atoms with Gasteiger partial charge in [-0.05, 0) is 68.0 Å². The number of ether oxygens (including phenoxy) is 1. The minimum atomic E-state index is -0.423. The molecule has 0 aliphatic heterocycles. The third kappa shape index (κ3) is 4.12. The van der Waals surface area contributed by atoms with Crippen molar-refractivity contribution in [2.24, 2.45) is 0 Å². The van der Waals surface area contributed by atoms with Gasteiger partial charge in [0.2, 0.25) is 0 Å². The maximum atomic E-state index is 11.8. The summed E-state index contributed by atoms with van der Waals surface area (Å²) in [6.07, 6.45) is 0. The molecule has 1 atom stereocenters. The molecule has 0 bridgehead atoms. The lowest BCUT2D eigenvalue weighted by molar-refractivity contribution is -0.156. The van der Waals surface area contributed by atoms with E-state index in [1.54, 1.807) is 0 Å². The van der Waals surface area contributed by atoms with Crippen LogP contribution in [-0.2, 0) is 9.53 Å². The van der Waals surface area contributed by atoms with E-state index in [9.17, 15) is 4.79 Å². The summed E-state index contributed by atoms with van der Waals surface area (Å²) in [4.78, 5) is 11.8. The van der Waals surface area contributed by atoms with Crippen LogP contribution in [0, 0.1) is 3.57 Å². The summed E-state index contributed by atoms with van der Waals surface area (Å²) in [5.41, 5.74) is 0.578. The average Bonchev–Trinajstić information content (AvgIpc) is 2.14. The Morgan fingerprint density at radius 3 is 2.50 bits per heavy atom. The second-order valence-electron chi connectivity index (χ2n) is 4.81. The van der Waals surface area contributed by atoms with Crippen LogP contribution < -0.4 is 0 Å². The van der Waals surface area contributed by atoms with Gasteiger partial charge in [0.1, 0.15) is 5.60 Å². The van der Waals surface area contributed by atoms with Crippen LogP contribution in [0.5, 0.6) is 0 Å². The lowest BCUT2D eigenvalue weighted by Crippen LogP contribution is -2.26. The highest BCUT2D eigenvalue weighted by atomic mass is 127. The first-order chi connectivity index (χ1) is 7.29. The minimum Gasteiger partial charge on any atom is -0.460 e. The number of hydrogen-bond acceptors (Lipinski definition) is 2. The summed E-state index contributed by atoms with van der Waals surface area (Å²) in [7, 11) is 0. The van der Waals surface area contributed by atoms with Crippen molar-refractivity contribution >= 4 is 28.6 Å².